The van der Waals surface area contributed by atoms with E-state index in [1.165, 1.54) is 18.3 Å². The van der Waals surface area contributed by atoms with Crippen molar-refractivity contribution in [1.82, 2.24) is 4.90 Å². The van der Waals surface area contributed by atoms with E-state index in [2.05, 4.69) is 5.32 Å². The molecule has 4 rings (SSSR count). The zero-order valence-electron chi connectivity index (χ0n) is 16.7. The van der Waals surface area contributed by atoms with Crippen LogP contribution in [0.3, 0.4) is 0 Å². The molecule has 0 fully saturated rings. The molecule has 2 aliphatic rings. The summed E-state index contributed by atoms with van der Waals surface area (Å²) in [5, 5.41) is 3.24. The molecule has 1 aromatic heterocycles. The monoisotopic (exact) mass is 430 g/mol. The normalized spacial score (nSPS) is 17.1. The molecule has 2 aliphatic heterocycles. The van der Waals surface area contributed by atoms with Gasteiger partial charge in [-0.3, -0.25) is 9.59 Å². The first-order valence-electron chi connectivity index (χ1n) is 9.74. The van der Waals surface area contributed by atoms with E-state index < -0.39 is 18.0 Å². The van der Waals surface area contributed by atoms with Crippen molar-refractivity contribution in [2.45, 2.75) is 32.9 Å². The van der Waals surface area contributed by atoms with Crippen molar-refractivity contribution < 1.29 is 28.6 Å². The van der Waals surface area contributed by atoms with E-state index in [4.69, 9.17) is 14.2 Å². The van der Waals surface area contributed by atoms with Gasteiger partial charge < -0.3 is 24.4 Å². The highest BCUT2D eigenvalue weighted by molar-refractivity contribution is 7.17. The molecule has 2 aromatic rings. The summed E-state index contributed by atoms with van der Waals surface area (Å²) in [6.45, 7) is 4.49. The Labute approximate surface area is 177 Å². The molecule has 30 heavy (non-hydrogen) atoms. The average molecular weight is 430 g/mol. The quantitative estimate of drug-likeness (QED) is 0.750. The van der Waals surface area contributed by atoms with Crippen LogP contribution in [-0.2, 0) is 27.3 Å². The SMILES string of the molecule is CCOC(=O)c1c(NC(=O)[C@H]2COc3ccccc3O2)sc2c1CCN(C(C)=O)C2. The fourth-order valence-corrected chi connectivity index (χ4v) is 4.77. The first-order valence-corrected chi connectivity index (χ1v) is 10.6. The summed E-state index contributed by atoms with van der Waals surface area (Å²) >= 11 is 1.29. The lowest BCUT2D eigenvalue weighted by Crippen LogP contribution is -2.40. The van der Waals surface area contributed by atoms with Crippen molar-refractivity contribution in [2.24, 2.45) is 0 Å². The summed E-state index contributed by atoms with van der Waals surface area (Å²) in [7, 11) is 0. The molecule has 1 atom stereocenters. The summed E-state index contributed by atoms with van der Waals surface area (Å²) in [5.74, 6) is 0.176. The van der Waals surface area contributed by atoms with Crippen LogP contribution in [0.25, 0.3) is 0 Å². The molecule has 0 radical (unpaired) electrons. The number of esters is 1. The van der Waals surface area contributed by atoms with Crippen LogP contribution in [0.2, 0.25) is 0 Å². The van der Waals surface area contributed by atoms with Crippen molar-refractivity contribution >= 4 is 34.1 Å². The van der Waals surface area contributed by atoms with Gasteiger partial charge in [0, 0.05) is 18.3 Å². The van der Waals surface area contributed by atoms with Gasteiger partial charge in [-0.05, 0) is 31.0 Å². The summed E-state index contributed by atoms with van der Waals surface area (Å²) in [4.78, 5) is 39.9. The van der Waals surface area contributed by atoms with Crippen LogP contribution in [0.4, 0.5) is 5.00 Å². The predicted octanol–water partition coefficient (Wildman–Crippen LogP) is 2.61. The van der Waals surface area contributed by atoms with E-state index in [0.29, 0.717) is 41.6 Å². The lowest BCUT2D eigenvalue weighted by Gasteiger charge is -2.26. The molecule has 0 unspecified atom stereocenters. The molecular formula is C21H22N2O6S. The molecule has 8 nitrogen and oxygen atoms in total. The molecule has 0 saturated carbocycles. The standard InChI is InChI=1S/C21H22N2O6S/c1-3-27-21(26)18-13-8-9-23(12(2)24)10-17(13)30-20(18)22-19(25)16-11-28-14-6-4-5-7-15(14)29-16/h4-7,16H,3,8-11H2,1-2H3,(H,22,25)/t16-/m1/s1. The second kappa shape index (κ2) is 8.35. The number of carbonyl (C=O) groups is 3. The van der Waals surface area contributed by atoms with Crippen LogP contribution in [0.5, 0.6) is 11.5 Å². The number of ether oxygens (including phenoxy) is 3. The molecule has 158 valence electrons. The minimum Gasteiger partial charge on any atom is -0.485 e. The number of para-hydroxylation sites is 2. The van der Waals surface area contributed by atoms with Crippen molar-refractivity contribution in [1.29, 1.82) is 0 Å². The molecule has 3 heterocycles. The van der Waals surface area contributed by atoms with E-state index in [1.54, 1.807) is 30.0 Å². The van der Waals surface area contributed by atoms with Crippen LogP contribution < -0.4 is 14.8 Å². The number of hydrogen-bond acceptors (Lipinski definition) is 7. The molecule has 0 aliphatic carbocycles. The number of nitrogens with zero attached hydrogens (tertiary/aromatic N) is 1. The van der Waals surface area contributed by atoms with Gasteiger partial charge in [0.1, 0.15) is 11.6 Å². The summed E-state index contributed by atoms with van der Waals surface area (Å²) in [6.07, 6.45) is -0.311. The third-order valence-electron chi connectivity index (χ3n) is 5.02. The lowest BCUT2D eigenvalue weighted by molar-refractivity contribution is -0.129. The Kier molecular flexibility index (Phi) is 5.63. The van der Waals surface area contributed by atoms with Crippen molar-refractivity contribution in [3.63, 3.8) is 0 Å². The first-order chi connectivity index (χ1) is 14.5. The molecular weight excluding hydrogens is 408 g/mol. The smallest absolute Gasteiger partial charge is 0.341 e. The number of anilines is 1. The number of nitrogens with one attached hydrogen (secondary N) is 1. The Bertz CT molecular complexity index is 1000. The molecule has 0 bridgehead atoms. The van der Waals surface area contributed by atoms with Gasteiger partial charge in [0.05, 0.1) is 18.7 Å². The maximum Gasteiger partial charge on any atom is 0.341 e. The number of fused-ring (bicyclic) bond motifs is 2. The summed E-state index contributed by atoms with van der Waals surface area (Å²) in [5.41, 5.74) is 1.20. The zero-order valence-corrected chi connectivity index (χ0v) is 17.5. The number of rotatable bonds is 4. The van der Waals surface area contributed by atoms with Gasteiger partial charge >= 0.3 is 5.97 Å². The Morgan fingerprint density at radius 1 is 1.27 bits per heavy atom. The van der Waals surface area contributed by atoms with Crippen molar-refractivity contribution in [2.75, 3.05) is 25.1 Å². The van der Waals surface area contributed by atoms with Crippen molar-refractivity contribution in [3.05, 3.63) is 40.3 Å². The molecule has 0 spiro atoms. The minimum atomic E-state index is -0.845. The number of hydrogen-bond donors (Lipinski definition) is 1. The first kappa shape index (κ1) is 20.2. The van der Waals surface area contributed by atoms with E-state index in [9.17, 15) is 14.4 Å². The second-order valence-corrected chi connectivity index (χ2v) is 8.08. The van der Waals surface area contributed by atoms with Crippen molar-refractivity contribution in [3.8, 4) is 11.5 Å². The Hall–Kier alpha value is -3.07. The molecule has 1 aromatic carbocycles. The van der Waals surface area contributed by atoms with Gasteiger partial charge in [0.25, 0.3) is 5.91 Å². The van der Waals surface area contributed by atoms with E-state index in [1.807, 2.05) is 6.07 Å². The number of benzene rings is 1. The summed E-state index contributed by atoms with van der Waals surface area (Å²) in [6, 6.07) is 7.14. The number of amides is 2. The van der Waals surface area contributed by atoms with E-state index >= 15 is 0 Å². The number of carbonyl (C=O) groups excluding carboxylic acids is 3. The van der Waals surface area contributed by atoms with Gasteiger partial charge in [-0.15, -0.1) is 11.3 Å². The summed E-state index contributed by atoms with van der Waals surface area (Å²) < 4.78 is 16.6. The van der Waals surface area contributed by atoms with Gasteiger partial charge in [-0.1, -0.05) is 12.1 Å². The largest absolute Gasteiger partial charge is 0.485 e. The Balaban J connectivity index is 1.58. The highest BCUT2D eigenvalue weighted by Gasteiger charge is 2.33. The van der Waals surface area contributed by atoms with Crippen LogP contribution in [0.1, 0.15) is 34.6 Å². The van der Waals surface area contributed by atoms with E-state index in [-0.39, 0.29) is 19.1 Å². The maximum atomic E-state index is 12.9. The van der Waals surface area contributed by atoms with Crippen LogP contribution in [0, 0.1) is 0 Å². The van der Waals surface area contributed by atoms with Gasteiger partial charge in [0.2, 0.25) is 12.0 Å². The Morgan fingerprint density at radius 2 is 2.03 bits per heavy atom. The molecule has 9 heteroatoms. The van der Waals surface area contributed by atoms with Gasteiger partial charge in [0.15, 0.2) is 11.5 Å². The highest BCUT2D eigenvalue weighted by Crippen LogP contribution is 2.38. The number of thiophene rings is 1. The molecule has 1 N–H and O–H groups in total. The van der Waals surface area contributed by atoms with Crippen LogP contribution in [0.15, 0.2) is 24.3 Å². The predicted molar refractivity (Wildman–Crippen MR) is 110 cm³/mol. The second-order valence-electron chi connectivity index (χ2n) is 6.97. The third-order valence-corrected chi connectivity index (χ3v) is 6.15. The van der Waals surface area contributed by atoms with E-state index in [0.717, 1.165) is 10.4 Å². The minimum absolute atomic E-state index is 0.0243. The van der Waals surface area contributed by atoms with Gasteiger partial charge in [-0.2, -0.15) is 0 Å². The lowest BCUT2D eigenvalue weighted by atomic mass is 10.0. The average Bonchev–Trinajstić information content (AvgIpc) is 3.10. The zero-order chi connectivity index (χ0) is 21.3. The topological polar surface area (TPSA) is 94.2 Å². The fraction of sp³-hybridized carbons (Fsp3) is 0.381. The molecule has 0 saturated heterocycles. The molecule has 2 amide bonds. The third kappa shape index (κ3) is 3.85. The maximum absolute atomic E-state index is 12.9. The highest BCUT2D eigenvalue weighted by atomic mass is 32.1. The van der Waals surface area contributed by atoms with Gasteiger partial charge in [-0.25, -0.2) is 4.79 Å². The fourth-order valence-electron chi connectivity index (χ4n) is 3.52. The Morgan fingerprint density at radius 3 is 2.77 bits per heavy atom. The van der Waals surface area contributed by atoms with Crippen LogP contribution >= 0.6 is 11.3 Å². The van der Waals surface area contributed by atoms with Crippen LogP contribution in [-0.4, -0.2) is 48.5 Å².